The normalized spacial score (nSPS) is 10.5. The van der Waals surface area contributed by atoms with Crippen LogP contribution >= 0.6 is 0 Å². The summed E-state index contributed by atoms with van der Waals surface area (Å²) in [7, 11) is 0. The first-order valence-electron chi connectivity index (χ1n) is 6.55. The number of anilines is 1. The minimum Gasteiger partial charge on any atom is -0.493 e. The van der Waals surface area contributed by atoms with Crippen molar-refractivity contribution < 1.29 is 9.26 Å². The summed E-state index contributed by atoms with van der Waals surface area (Å²) >= 11 is 0. The number of pyridine rings is 1. The fraction of sp³-hybridized carbons (Fsp3) is 0.133. The van der Waals surface area contributed by atoms with Crippen LogP contribution in [-0.4, -0.2) is 21.7 Å². The van der Waals surface area contributed by atoms with Gasteiger partial charge in [0.15, 0.2) is 0 Å². The van der Waals surface area contributed by atoms with Gasteiger partial charge in [0.25, 0.3) is 5.89 Å². The highest BCUT2D eigenvalue weighted by atomic mass is 16.5. The van der Waals surface area contributed by atoms with E-state index in [1.54, 1.807) is 18.3 Å². The van der Waals surface area contributed by atoms with Gasteiger partial charge in [-0.25, -0.2) is 4.98 Å². The number of nitrogen functional groups attached to an aromatic ring is 1. The third-order valence-electron chi connectivity index (χ3n) is 2.86. The molecule has 0 spiro atoms. The van der Waals surface area contributed by atoms with Crippen molar-refractivity contribution in [1.29, 1.82) is 0 Å². The fourth-order valence-electron chi connectivity index (χ4n) is 1.90. The maximum absolute atomic E-state index is 5.61. The average molecular weight is 282 g/mol. The molecule has 2 aromatic heterocycles. The van der Waals surface area contributed by atoms with Crippen LogP contribution in [0.5, 0.6) is 5.75 Å². The van der Waals surface area contributed by atoms with Gasteiger partial charge >= 0.3 is 0 Å². The zero-order valence-corrected chi connectivity index (χ0v) is 11.5. The highest BCUT2D eigenvalue weighted by molar-refractivity contribution is 5.65. The van der Waals surface area contributed by atoms with Crippen LogP contribution in [0.25, 0.3) is 23.0 Å². The lowest BCUT2D eigenvalue weighted by molar-refractivity contribution is 0.341. The summed E-state index contributed by atoms with van der Waals surface area (Å²) in [4.78, 5) is 8.52. The third kappa shape index (κ3) is 2.69. The maximum atomic E-state index is 5.61. The molecule has 0 aliphatic carbocycles. The first-order chi connectivity index (χ1) is 10.3. The van der Waals surface area contributed by atoms with Gasteiger partial charge in [-0.05, 0) is 31.2 Å². The topological polar surface area (TPSA) is 87.1 Å². The Hall–Kier alpha value is -2.89. The number of hydrogen-bond acceptors (Lipinski definition) is 6. The Labute approximate surface area is 121 Å². The molecule has 0 saturated carbocycles. The van der Waals surface area contributed by atoms with E-state index in [9.17, 15) is 0 Å². The Morgan fingerprint density at radius 2 is 2.05 bits per heavy atom. The second-order valence-corrected chi connectivity index (χ2v) is 4.33. The number of rotatable bonds is 4. The molecule has 21 heavy (non-hydrogen) atoms. The number of ether oxygens (including phenoxy) is 1. The van der Waals surface area contributed by atoms with Gasteiger partial charge < -0.3 is 15.0 Å². The molecule has 0 unspecified atom stereocenters. The Bertz CT molecular complexity index is 737. The van der Waals surface area contributed by atoms with E-state index in [2.05, 4.69) is 15.1 Å². The molecule has 0 atom stereocenters. The SMILES string of the molecule is CCOc1ccccc1-c1noc(-c2ccc(N)cn2)n1. The first-order valence-corrected chi connectivity index (χ1v) is 6.55. The van der Waals surface area contributed by atoms with Crippen molar-refractivity contribution in [1.82, 2.24) is 15.1 Å². The van der Waals surface area contributed by atoms with Crippen molar-refractivity contribution in [3.05, 3.63) is 42.6 Å². The number of hydrogen-bond donors (Lipinski definition) is 1. The Kier molecular flexibility index (Phi) is 3.51. The standard InChI is InChI=1S/C15H14N4O2/c1-2-20-13-6-4-3-5-11(13)14-18-15(21-19-14)12-8-7-10(16)9-17-12/h3-9H,2,16H2,1H3. The average Bonchev–Trinajstić information content (AvgIpc) is 2.99. The summed E-state index contributed by atoms with van der Waals surface area (Å²) in [6.07, 6.45) is 1.55. The van der Waals surface area contributed by atoms with E-state index < -0.39 is 0 Å². The Morgan fingerprint density at radius 1 is 1.19 bits per heavy atom. The predicted molar refractivity (Wildman–Crippen MR) is 78.5 cm³/mol. The molecule has 2 N–H and O–H groups in total. The lowest BCUT2D eigenvalue weighted by Gasteiger charge is -2.05. The van der Waals surface area contributed by atoms with Crippen LogP contribution in [0.4, 0.5) is 5.69 Å². The first kappa shape index (κ1) is 13.1. The van der Waals surface area contributed by atoms with Crippen molar-refractivity contribution in [2.45, 2.75) is 6.92 Å². The van der Waals surface area contributed by atoms with Crippen LogP contribution in [0, 0.1) is 0 Å². The Morgan fingerprint density at radius 3 is 2.81 bits per heavy atom. The van der Waals surface area contributed by atoms with Crippen molar-refractivity contribution in [2.75, 3.05) is 12.3 Å². The van der Waals surface area contributed by atoms with Crippen molar-refractivity contribution in [3.8, 4) is 28.7 Å². The van der Waals surface area contributed by atoms with Crippen molar-refractivity contribution in [3.63, 3.8) is 0 Å². The van der Waals surface area contributed by atoms with Crippen LogP contribution in [0.2, 0.25) is 0 Å². The number of nitrogens with zero attached hydrogens (tertiary/aromatic N) is 3. The van der Waals surface area contributed by atoms with E-state index in [1.807, 2.05) is 31.2 Å². The van der Waals surface area contributed by atoms with Gasteiger partial charge in [0.2, 0.25) is 5.82 Å². The minimum atomic E-state index is 0.344. The second-order valence-electron chi connectivity index (χ2n) is 4.33. The highest BCUT2D eigenvalue weighted by Crippen LogP contribution is 2.29. The van der Waals surface area contributed by atoms with Crippen LogP contribution in [-0.2, 0) is 0 Å². The molecular formula is C15H14N4O2. The minimum absolute atomic E-state index is 0.344. The van der Waals surface area contributed by atoms with Crippen LogP contribution in [0.3, 0.4) is 0 Å². The van der Waals surface area contributed by atoms with E-state index in [0.717, 1.165) is 11.3 Å². The van der Waals surface area contributed by atoms with Crippen molar-refractivity contribution in [2.24, 2.45) is 0 Å². The van der Waals surface area contributed by atoms with Crippen LogP contribution in [0.1, 0.15) is 6.92 Å². The largest absolute Gasteiger partial charge is 0.493 e. The van der Waals surface area contributed by atoms with Crippen LogP contribution in [0.15, 0.2) is 47.1 Å². The molecule has 0 aliphatic heterocycles. The molecule has 3 aromatic rings. The lowest BCUT2D eigenvalue weighted by Crippen LogP contribution is -1.94. The fourth-order valence-corrected chi connectivity index (χ4v) is 1.90. The third-order valence-corrected chi connectivity index (χ3v) is 2.86. The van der Waals surface area contributed by atoms with Gasteiger partial charge in [-0.15, -0.1) is 0 Å². The van der Waals surface area contributed by atoms with E-state index >= 15 is 0 Å². The molecule has 6 heteroatoms. The molecule has 6 nitrogen and oxygen atoms in total. The van der Waals surface area contributed by atoms with E-state index in [-0.39, 0.29) is 0 Å². The van der Waals surface area contributed by atoms with E-state index in [0.29, 0.717) is 29.7 Å². The summed E-state index contributed by atoms with van der Waals surface area (Å²) < 4.78 is 10.8. The summed E-state index contributed by atoms with van der Waals surface area (Å²) in [5, 5.41) is 3.99. The summed E-state index contributed by atoms with van der Waals surface area (Å²) in [6, 6.07) is 11.0. The number of aromatic nitrogens is 3. The summed E-state index contributed by atoms with van der Waals surface area (Å²) in [5.74, 6) is 1.53. The molecule has 0 saturated heterocycles. The molecule has 0 aliphatic rings. The second kappa shape index (κ2) is 5.62. The molecule has 0 bridgehead atoms. The number of para-hydroxylation sites is 1. The zero-order chi connectivity index (χ0) is 14.7. The molecule has 0 fully saturated rings. The molecule has 2 heterocycles. The quantitative estimate of drug-likeness (QED) is 0.791. The molecule has 0 amide bonds. The summed E-state index contributed by atoms with van der Waals surface area (Å²) in [6.45, 7) is 2.50. The lowest BCUT2D eigenvalue weighted by atomic mass is 10.2. The summed E-state index contributed by atoms with van der Waals surface area (Å²) in [5.41, 5.74) is 7.55. The van der Waals surface area contributed by atoms with Gasteiger partial charge in [0.1, 0.15) is 11.4 Å². The van der Waals surface area contributed by atoms with Gasteiger partial charge in [0.05, 0.1) is 24.1 Å². The van der Waals surface area contributed by atoms with Crippen LogP contribution < -0.4 is 10.5 Å². The molecule has 106 valence electrons. The smallest absolute Gasteiger partial charge is 0.276 e. The number of nitrogens with two attached hydrogens (primary N) is 1. The predicted octanol–water partition coefficient (Wildman–Crippen LogP) is 2.78. The van der Waals surface area contributed by atoms with Gasteiger partial charge in [-0.1, -0.05) is 17.3 Å². The molecule has 3 rings (SSSR count). The van der Waals surface area contributed by atoms with Gasteiger partial charge in [0, 0.05) is 0 Å². The highest BCUT2D eigenvalue weighted by Gasteiger charge is 2.14. The molecular weight excluding hydrogens is 268 g/mol. The molecule has 1 aromatic carbocycles. The number of benzene rings is 1. The zero-order valence-electron chi connectivity index (χ0n) is 11.5. The van der Waals surface area contributed by atoms with Gasteiger partial charge in [-0.2, -0.15) is 4.98 Å². The van der Waals surface area contributed by atoms with E-state index in [1.165, 1.54) is 0 Å². The van der Waals surface area contributed by atoms with Crippen molar-refractivity contribution >= 4 is 5.69 Å². The molecule has 0 radical (unpaired) electrons. The Balaban J connectivity index is 1.97. The van der Waals surface area contributed by atoms with Gasteiger partial charge in [-0.3, -0.25) is 0 Å². The maximum Gasteiger partial charge on any atom is 0.276 e. The monoisotopic (exact) mass is 282 g/mol. The van der Waals surface area contributed by atoms with E-state index in [4.69, 9.17) is 15.0 Å².